The summed E-state index contributed by atoms with van der Waals surface area (Å²) < 4.78 is 1.64. The minimum absolute atomic E-state index is 0.230. The van der Waals surface area contributed by atoms with Crippen molar-refractivity contribution in [2.45, 2.75) is 45.8 Å². The Morgan fingerprint density at radius 2 is 1.80 bits per heavy atom. The van der Waals surface area contributed by atoms with E-state index in [2.05, 4.69) is 5.16 Å². The standard InChI is InChI=1S/C9H16N3O3/c1-6(10-13)7-8(2,3)12(15)9(4,5)11(7)14/h14H,1-5H3/q+1/p+1. The number of oxime groups is 1. The van der Waals surface area contributed by atoms with Crippen molar-refractivity contribution in [1.29, 1.82) is 0 Å². The summed E-state index contributed by atoms with van der Waals surface area (Å²) in [5, 5.41) is 21.6. The van der Waals surface area contributed by atoms with E-state index in [1.54, 1.807) is 27.7 Å². The van der Waals surface area contributed by atoms with Gasteiger partial charge in [0.2, 0.25) is 0 Å². The van der Waals surface area contributed by atoms with Gasteiger partial charge in [-0.05, 0) is 6.92 Å². The highest BCUT2D eigenvalue weighted by Crippen LogP contribution is 2.29. The maximum atomic E-state index is 11.9. The lowest BCUT2D eigenvalue weighted by molar-refractivity contribution is -0.926. The third kappa shape index (κ3) is 1.32. The van der Waals surface area contributed by atoms with Gasteiger partial charge in [0.05, 0.1) is 23.3 Å². The lowest BCUT2D eigenvalue weighted by atomic mass is 9.96. The van der Waals surface area contributed by atoms with Crippen LogP contribution < -0.4 is 0 Å². The minimum Gasteiger partial charge on any atom is -0.410 e. The van der Waals surface area contributed by atoms with Crippen LogP contribution in [0.5, 0.6) is 0 Å². The third-order valence-electron chi connectivity index (χ3n) is 2.81. The summed E-state index contributed by atoms with van der Waals surface area (Å²) in [6.45, 7) is 8.07. The van der Waals surface area contributed by atoms with Crippen LogP contribution >= 0.6 is 0 Å². The average molecular weight is 215 g/mol. The Bertz CT molecular complexity index is 380. The van der Waals surface area contributed by atoms with Crippen LogP contribution in [-0.4, -0.2) is 42.5 Å². The zero-order valence-corrected chi connectivity index (χ0v) is 9.64. The molecular weight excluding hydrogens is 198 g/mol. The summed E-state index contributed by atoms with van der Waals surface area (Å²) in [6, 6.07) is 0. The van der Waals surface area contributed by atoms with Gasteiger partial charge >= 0.3 is 16.9 Å². The summed E-state index contributed by atoms with van der Waals surface area (Å²) in [5.41, 5.74) is -1.45. The van der Waals surface area contributed by atoms with E-state index in [4.69, 9.17) is 5.21 Å². The number of nitroso groups, excluding NO2 is 1. The van der Waals surface area contributed by atoms with Gasteiger partial charge in [-0.15, -0.1) is 0 Å². The lowest BCUT2D eigenvalue weighted by Crippen LogP contribution is -2.45. The zero-order valence-electron chi connectivity index (χ0n) is 9.64. The van der Waals surface area contributed by atoms with E-state index in [0.717, 1.165) is 9.50 Å². The molecule has 1 heterocycles. The Labute approximate surface area is 88.1 Å². The van der Waals surface area contributed by atoms with Gasteiger partial charge in [0.25, 0.3) is 0 Å². The molecule has 84 valence electrons. The Kier molecular flexibility index (Phi) is 2.33. The first kappa shape index (κ1) is 11.6. The third-order valence-corrected chi connectivity index (χ3v) is 2.81. The van der Waals surface area contributed by atoms with Crippen LogP contribution in [0.25, 0.3) is 0 Å². The second-order valence-electron chi connectivity index (χ2n) is 4.69. The number of hydrogen-bond donors (Lipinski definition) is 2. The molecule has 0 atom stereocenters. The van der Waals surface area contributed by atoms with Gasteiger partial charge in [-0.3, -0.25) is 5.21 Å². The first-order chi connectivity index (χ1) is 6.67. The smallest absolute Gasteiger partial charge is 0.410 e. The van der Waals surface area contributed by atoms with Crippen molar-refractivity contribution in [1.82, 2.24) is 0 Å². The Morgan fingerprint density at radius 3 is 2.07 bits per heavy atom. The molecule has 0 aliphatic carbocycles. The molecule has 15 heavy (non-hydrogen) atoms. The fraction of sp³-hybridized carbons (Fsp3) is 0.778. The molecule has 0 amide bonds. The zero-order chi connectivity index (χ0) is 12.0. The second kappa shape index (κ2) is 3.01. The molecule has 0 unspecified atom stereocenters. The van der Waals surface area contributed by atoms with Crippen LogP contribution in [0.1, 0.15) is 34.6 Å². The molecule has 0 saturated carbocycles. The minimum atomic E-state index is -1.06. The highest BCUT2D eigenvalue weighted by atomic mass is 16.5. The average Bonchev–Trinajstić information content (AvgIpc) is 2.25. The quantitative estimate of drug-likeness (QED) is 0.296. The van der Waals surface area contributed by atoms with Crippen LogP contribution in [0.15, 0.2) is 5.16 Å². The van der Waals surface area contributed by atoms with Crippen molar-refractivity contribution >= 4 is 11.4 Å². The van der Waals surface area contributed by atoms with Crippen molar-refractivity contribution in [2.24, 2.45) is 5.16 Å². The molecule has 0 bridgehead atoms. The monoisotopic (exact) mass is 215 g/mol. The van der Waals surface area contributed by atoms with Crippen LogP contribution in [0.3, 0.4) is 0 Å². The summed E-state index contributed by atoms with van der Waals surface area (Å²) in [4.78, 5) is 11.9. The van der Waals surface area contributed by atoms with Gasteiger partial charge < -0.3 is 5.21 Å². The van der Waals surface area contributed by atoms with E-state index in [9.17, 15) is 10.1 Å². The van der Waals surface area contributed by atoms with Crippen molar-refractivity contribution in [3.8, 4) is 0 Å². The Hall–Kier alpha value is -1.46. The van der Waals surface area contributed by atoms with Gasteiger partial charge in [0.1, 0.15) is 0 Å². The van der Waals surface area contributed by atoms with Gasteiger partial charge in [-0.2, -0.15) is 0 Å². The Balaban J connectivity index is 3.47. The van der Waals surface area contributed by atoms with Gasteiger partial charge in [-0.1, -0.05) is 5.16 Å². The van der Waals surface area contributed by atoms with Crippen molar-refractivity contribution in [3.05, 3.63) is 4.91 Å². The fourth-order valence-electron chi connectivity index (χ4n) is 2.04. The lowest BCUT2D eigenvalue weighted by Gasteiger charge is -2.06. The first-order valence-electron chi connectivity index (χ1n) is 4.70. The SMILES string of the molecule is C/C(=N\O)C1=[N+](O)C(C)(C)[N+](=O)C1(C)C. The molecule has 6 nitrogen and oxygen atoms in total. The van der Waals surface area contributed by atoms with Crippen molar-refractivity contribution < 1.29 is 19.9 Å². The topological polar surface area (TPSA) is 75.9 Å². The number of rotatable bonds is 1. The maximum absolute atomic E-state index is 11.9. The highest BCUT2D eigenvalue weighted by Gasteiger charge is 2.70. The van der Waals surface area contributed by atoms with Gasteiger partial charge in [0.15, 0.2) is 5.71 Å². The predicted molar refractivity (Wildman–Crippen MR) is 53.7 cm³/mol. The number of nitrogens with zero attached hydrogens (tertiary/aromatic N) is 3. The molecule has 0 spiro atoms. The van der Waals surface area contributed by atoms with Crippen LogP contribution in [0, 0.1) is 4.91 Å². The summed E-state index contributed by atoms with van der Waals surface area (Å²) in [7, 11) is 0. The normalized spacial score (nSPS) is 24.9. The van der Waals surface area contributed by atoms with E-state index < -0.39 is 11.2 Å². The molecule has 0 aromatic carbocycles. The molecule has 0 radical (unpaired) electrons. The molecule has 6 heteroatoms. The number of hydrogen-bond acceptors (Lipinski definition) is 4. The maximum Gasteiger partial charge on any atom is 0.435 e. The summed E-state index contributed by atoms with van der Waals surface area (Å²) in [5.74, 6) is 0. The summed E-state index contributed by atoms with van der Waals surface area (Å²) >= 11 is 0. The van der Waals surface area contributed by atoms with E-state index in [1.165, 1.54) is 6.92 Å². The predicted octanol–water partition coefficient (Wildman–Crippen LogP) is 0.986. The van der Waals surface area contributed by atoms with Gasteiger partial charge in [-0.25, -0.2) is 0 Å². The van der Waals surface area contributed by atoms with E-state index in [0.29, 0.717) is 5.71 Å². The highest BCUT2D eigenvalue weighted by molar-refractivity contribution is 6.42. The molecule has 0 fully saturated rings. The van der Waals surface area contributed by atoms with E-state index >= 15 is 0 Å². The largest absolute Gasteiger partial charge is 0.435 e. The van der Waals surface area contributed by atoms with Crippen molar-refractivity contribution in [2.75, 3.05) is 0 Å². The first-order valence-corrected chi connectivity index (χ1v) is 4.70. The van der Waals surface area contributed by atoms with Crippen LogP contribution in [-0.2, 0) is 0 Å². The molecule has 2 N–H and O–H groups in total. The van der Waals surface area contributed by atoms with Crippen LogP contribution in [0.2, 0.25) is 0 Å². The molecule has 0 aromatic heterocycles. The van der Waals surface area contributed by atoms with Crippen molar-refractivity contribution in [3.63, 3.8) is 0 Å². The molecule has 1 rings (SSSR count). The fourth-order valence-corrected chi connectivity index (χ4v) is 2.04. The molecule has 1 aliphatic heterocycles. The molecule has 0 aromatic rings. The summed E-state index contributed by atoms with van der Waals surface area (Å²) in [6.07, 6.45) is 0. The van der Waals surface area contributed by atoms with E-state index in [1.807, 2.05) is 0 Å². The second-order valence-corrected chi connectivity index (χ2v) is 4.69. The number of hydroxylamine groups is 1. The molecule has 1 aliphatic rings. The molecular formula is C9H17N3O3+2. The molecule has 0 saturated heterocycles. The van der Waals surface area contributed by atoms with Gasteiger partial charge in [0, 0.05) is 18.8 Å². The Morgan fingerprint density at radius 1 is 1.33 bits per heavy atom. The van der Waals surface area contributed by atoms with Crippen LogP contribution in [0.4, 0.5) is 0 Å². The van der Waals surface area contributed by atoms with E-state index in [-0.39, 0.29) is 5.71 Å².